The molecule has 1 N–H and O–H groups in total. The number of ether oxygens (including phenoxy) is 1. The van der Waals surface area contributed by atoms with Crippen LogP contribution in [0.2, 0.25) is 5.02 Å². The lowest BCUT2D eigenvalue weighted by Crippen LogP contribution is -2.29. The first-order valence-electron chi connectivity index (χ1n) is 11.4. The molecule has 3 aromatic carbocycles. The zero-order chi connectivity index (χ0) is 25.3. The number of aliphatic hydroxyl groups is 1. The number of carbonyl (C=O) groups is 2. The van der Waals surface area contributed by atoms with E-state index in [1.165, 1.54) is 4.90 Å². The summed E-state index contributed by atoms with van der Waals surface area (Å²) in [5.74, 6) is -1.00. The smallest absolute Gasteiger partial charge is 0.295 e. The molecule has 0 aromatic heterocycles. The molecule has 1 unspecified atom stereocenters. The van der Waals surface area contributed by atoms with Gasteiger partial charge in [-0.3, -0.25) is 9.59 Å². The van der Waals surface area contributed by atoms with Gasteiger partial charge in [0.25, 0.3) is 11.7 Å². The summed E-state index contributed by atoms with van der Waals surface area (Å²) < 4.78 is 5.47. The number of hydrogen-bond acceptors (Lipinski definition) is 4. The lowest BCUT2D eigenvalue weighted by atomic mass is 9.85. The fourth-order valence-electron chi connectivity index (χ4n) is 4.34. The summed E-state index contributed by atoms with van der Waals surface area (Å²) in [6.45, 7) is 6.51. The first-order valence-corrected chi connectivity index (χ1v) is 11.8. The van der Waals surface area contributed by atoms with Crippen LogP contribution in [0.25, 0.3) is 5.76 Å². The number of benzene rings is 3. The molecule has 0 saturated carbocycles. The van der Waals surface area contributed by atoms with Crippen molar-refractivity contribution in [3.63, 3.8) is 0 Å². The minimum Gasteiger partial charge on any atom is -0.507 e. The van der Waals surface area contributed by atoms with Gasteiger partial charge in [0.2, 0.25) is 0 Å². The van der Waals surface area contributed by atoms with Crippen molar-refractivity contribution in [3.8, 4) is 5.75 Å². The Hall–Kier alpha value is -3.57. The highest BCUT2D eigenvalue weighted by molar-refractivity contribution is 6.46. The number of aliphatic hydroxyl groups excluding tert-OH is 1. The number of methoxy groups -OCH3 is 1. The van der Waals surface area contributed by atoms with Crippen LogP contribution in [0.15, 0.2) is 78.4 Å². The van der Waals surface area contributed by atoms with E-state index < -0.39 is 17.7 Å². The Kier molecular flexibility index (Phi) is 6.73. The number of likely N-dealkylation sites (tertiary alicyclic amines) is 1. The molecule has 1 amide bonds. The molecule has 5 nitrogen and oxygen atoms in total. The molecular weight excluding hydrogens is 462 g/mol. The van der Waals surface area contributed by atoms with Crippen LogP contribution in [0.4, 0.5) is 0 Å². The highest BCUT2D eigenvalue weighted by atomic mass is 35.5. The molecule has 0 bridgehead atoms. The van der Waals surface area contributed by atoms with Crippen LogP contribution in [0.5, 0.6) is 5.75 Å². The quantitative estimate of drug-likeness (QED) is 0.260. The van der Waals surface area contributed by atoms with Gasteiger partial charge in [0.1, 0.15) is 11.5 Å². The van der Waals surface area contributed by atoms with Crippen LogP contribution < -0.4 is 4.74 Å². The highest BCUT2D eigenvalue weighted by Gasteiger charge is 2.46. The van der Waals surface area contributed by atoms with Gasteiger partial charge in [-0.25, -0.2) is 0 Å². The van der Waals surface area contributed by atoms with Gasteiger partial charge in [-0.15, -0.1) is 0 Å². The molecule has 1 atom stereocenters. The summed E-state index contributed by atoms with van der Waals surface area (Å²) in [5, 5.41) is 11.7. The first-order chi connectivity index (χ1) is 16.6. The molecule has 0 radical (unpaired) electrons. The van der Waals surface area contributed by atoms with Gasteiger partial charge < -0.3 is 14.7 Å². The lowest BCUT2D eigenvalue weighted by Gasteiger charge is -2.27. The van der Waals surface area contributed by atoms with Crippen LogP contribution in [0.1, 0.15) is 49.1 Å². The van der Waals surface area contributed by atoms with Crippen molar-refractivity contribution in [2.75, 3.05) is 7.11 Å². The predicted octanol–water partition coefficient (Wildman–Crippen LogP) is 6.27. The summed E-state index contributed by atoms with van der Waals surface area (Å²) in [6.07, 6.45) is 0. The van der Waals surface area contributed by atoms with Crippen molar-refractivity contribution >= 4 is 29.1 Å². The summed E-state index contributed by atoms with van der Waals surface area (Å²) in [4.78, 5) is 28.1. The fraction of sp³-hybridized carbons (Fsp3) is 0.241. The van der Waals surface area contributed by atoms with E-state index in [0.29, 0.717) is 16.3 Å². The maximum atomic E-state index is 13.3. The summed E-state index contributed by atoms with van der Waals surface area (Å²) in [5.41, 5.74) is 3.04. The summed E-state index contributed by atoms with van der Waals surface area (Å²) in [6, 6.07) is 21.0. The number of para-hydroxylation sites is 1. The van der Waals surface area contributed by atoms with Crippen molar-refractivity contribution in [1.29, 1.82) is 0 Å². The number of Topliss-reactive ketones (excluding diaryl/α,β-unsaturated/α-hetero) is 1. The maximum absolute atomic E-state index is 13.3. The van der Waals surface area contributed by atoms with E-state index in [9.17, 15) is 14.7 Å². The Bertz CT molecular complexity index is 1290. The van der Waals surface area contributed by atoms with E-state index in [4.69, 9.17) is 16.3 Å². The Morgan fingerprint density at radius 1 is 0.971 bits per heavy atom. The Morgan fingerprint density at radius 2 is 1.60 bits per heavy atom. The number of hydrogen-bond donors (Lipinski definition) is 1. The second-order valence-electron chi connectivity index (χ2n) is 9.62. The Labute approximate surface area is 210 Å². The Morgan fingerprint density at radius 3 is 2.20 bits per heavy atom. The van der Waals surface area contributed by atoms with E-state index in [-0.39, 0.29) is 23.3 Å². The van der Waals surface area contributed by atoms with E-state index in [1.807, 2.05) is 48.5 Å². The topological polar surface area (TPSA) is 66.8 Å². The van der Waals surface area contributed by atoms with Crippen molar-refractivity contribution in [3.05, 3.63) is 106 Å². The second kappa shape index (κ2) is 9.59. The standard InChI is InChI=1S/C29H28ClNO4/c1-29(2,3)21-13-9-18(10-14-21)25-24(26(32)19-11-15-22(30)16-12-19)27(33)28(34)31(25)17-20-7-5-6-8-23(20)35-4/h5-16,25,32H,17H2,1-4H3/b26-24-. The summed E-state index contributed by atoms with van der Waals surface area (Å²) in [7, 11) is 1.57. The minimum atomic E-state index is -0.760. The molecule has 0 aliphatic carbocycles. The number of ketones is 1. The van der Waals surface area contributed by atoms with Gasteiger partial charge in [-0.1, -0.05) is 74.8 Å². The van der Waals surface area contributed by atoms with Crippen molar-refractivity contribution in [2.24, 2.45) is 0 Å². The lowest BCUT2D eigenvalue weighted by molar-refractivity contribution is -0.140. The molecule has 1 heterocycles. The molecular formula is C29H28ClNO4. The van der Waals surface area contributed by atoms with Gasteiger partial charge in [-0.05, 0) is 46.9 Å². The minimum absolute atomic E-state index is 0.0516. The molecule has 0 spiro atoms. The number of halogens is 1. The molecule has 1 aliphatic rings. The van der Waals surface area contributed by atoms with Crippen molar-refractivity contribution in [1.82, 2.24) is 4.90 Å². The third-order valence-electron chi connectivity index (χ3n) is 6.28. The zero-order valence-corrected chi connectivity index (χ0v) is 21.0. The van der Waals surface area contributed by atoms with E-state index in [0.717, 1.165) is 16.7 Å². The van der Waals surface area contributed by atoms with Crippen LogP contribution in [-0.2, 0) is 21.5 Å². The van der Waals surface area contributed by atoms with Crippen LogP contribution >= 0.6 is 11.6 Å². The van der Waals surface area contributed by atoms with Crippen LogP contribution in [-0.4, -0.2) is 28.8 Å². The van der Waals surface area contributed by atoms with Gasteiger partial charge in [0.05, 0.1) is 25.3 Å². The average Bonchev–Trinajstić information content (AvgIpc) is 3.09. The van der Waals surface area contributed by atoms with E-state index >= 15 is 0 Å². The Balaban J connectivity index is 1.86. The van der Waals surface area contributed by atoms with E-state index in [1.54, 1.807) is 31.4 Å². The summed E-state index contributed by atoms with van der Waals surface area (Å²) >= 11 is 6.01. The normalized spacial score (nSPS) is 17.6. The van der Waals surface area contributed by atoms with Gasteiger partial charge in [0.15, 0.2) is 0 Å². The van der Waals surface area contributed by atoms with Gasteiger partial charge in [0, 0.05) is 16.1 Å². The second-order valence-corrected chi connectivity index (χ2v) is 10.1. The average molecular weight is 490 g/mol. The fourth-order valence-corrected chi connectivity index (χ4v) is 4.46. The molecule has 3 aromatic rings. The number of amides is 1. The zero-order valence-electron chi connectivity index (χ0n) is 20.2. The number of rotatable bonds is 5. The highest BCUT2D eigenvalue weighted by Crippen LogP contribution is 2.41. The van der Waals surface area contributed by atoms with Crippen LogP contribution in [0, 0.1) is 0 Å². The molecule has 4 rings (SSSR count). The molecule has 1 aliphatic heterocycles. The van der Waals surface area contributed by atoms with Gasteiger partial charge in [-0.2, -0.15) is 0 Å². The predicted molar refractivity (Wildman–Crippen MR) is 137 cm³/mol. The largest absolute Gasteiger partial charge is 0.507 e. The number of nitrogens with zero attached hydrogens (tertiary/aromatic N) is 1. The third kappa shape index (κ3) is 4.82. The molecule has 35 heavy (non-hydrogen) atoms. The maximum Gasteiger partial charge on any atom is 0.295 e. The molecule has 1 saturated heterocycles. The first kappa shape index (κ1) is 24.6. The monoisotopic (exact) mass is 489 g/mol. The molecule has 6 heteroatoms. The molecule has 1 fully saturated rings. The van der Waals surface area contributed by atoms with E-state index in [2.05, 4.69) is 20.8 Å². The van der Waals surface area contributed by atoms with Crippen LogP contribution in [0.3, 0.4) is 0 Å². The third-order valence-corrected chi connectivity index (χ3v) is 6.54. The molecule has 180 valence electrons. The number of carbonyl (C=O) groups excluding carboxylic acids is 2. The SMILES string of the molecule is COc1ccccc1CN1C(=O)C(=O)/C(=C(\O)c2ccc(Cl)cc2)C1c1ccc(C(C)(C)C)cc1. The van der Waals surface area contributed by atoms with Crippen molar-refractivity contribution < 1.29 is 19.4 Å². The van der Waals surface area contributed by atoms with Gasteiger partial charge >= 0.3 is 0 Å². The van der Waals surface area contributed by atoms with Crippen molar-refractivity contribution in [2.45, 2.75) is 38.8 Å².